The molecule has 1 aromatic heterocycles. The molecule has 1 aliphatic heterocycles. The lowest BCUT2D eigenvalue weighted by molar-refractivity contribution is -0.132. The van der Waals surface area contributed by atoms with Crippen LogP contribution in [-0.2, 0) is 16.0 Å². The van der Waals surface area contributed by atoms with E-state index in [0.717, 1.165) is 22.6 Å². The normalized spacial score (nSPS) is 14.4. The minimum Gasteiger partial charge on any atom is -0.356 e. The Morgan fingerprint density at radius 1 is 1.06 bits per heavy atom. The molecular formula is C28H31FN4O2. The Hall–Kier alpha value is -3.74. The van der Waals surface area contributed by atoms with E-state index in [1.807, 2.05) is 54.9 Å². The minimum atomic E-state index is -0.251. The van der Waals surface area contributed by atoms with E-state index < -0.39 is 0 Å². The molecule has 1 fully saturated rings. The van der Waals surface area contributed by atoms with Crippen molar-refractivity contribution in [2.45, 2.75) is 33.1 Å². The van der Waals surface area contributed by atoms with Gasteiger partial charge in [-0.1, -0.05) is 36.4 Å². The van der Waals surface area contributed by atoms with Gasteiger partial charge in [-0.3, -0.25) is 9.59 Å². The summed E-state index contributed by atoms with van der Waals surface area (Å²) in [5, 5.41) is 7.54. The molecule has 35 heavy (non-hydrogen) atoms. The van der Waals surface area contributed by atoms with E-state index in [1.165, 1.54) is 6.07 Å². The summed E-state index contributed by atoms with van der Waals surface area (Å²) in [6.45, 7) is 5.41. The van der Waals surface area contributed by atoms with E-state index >= 15 is 0 Å². The molecule has 0 radical (unpaired) electrons. The first-order valence-electron chi connectivity index (χ1n) is 12.0. The SMILES string of the molecule is Cc1nn(-c2ccccc2)c(C)c1C=CC(=O)N1CCC(C(=O)NCCc2ccccc2F)CC1. The molecular weight excluding hydrogens is 443 g/mol. The van der Waals surface area contributed by atoms with Gasteiger partial charge in [0.05, 0.1) is 11.4 Å². The van der Waals surface area contributed by atoms with Crippen molar-refractivity contribution in [3.05, 3.63) is 89.0 Å². The van der Waals surface area contributed by atoms with E-state index in [4.69, 9.17) is 0 Å². The van der Waals surface area contributed by atoms with Crippen LogP contribution in [0.15, 0.2) is 60.7 Å². The van der Waals surface area contributed by atoms with Gasteiger partial charge in [-0.2, -0.15) is 5.10 Å². The molecule has 4 rings (SSSR count). The minimum absolute atomic E-state index is 0.0245. The Morgan fingerprint density at radius 3 is 2.46 bits per heavy atom. The number of carbonyl (C=O) groups excluding carboxylic acids is 2. The molecule has 182 valence electrons. The molecule has 0 aliphatic carbocycles. The fourth-order valence-electron chi connectivity index (χ4n) is 4.50. The van der Waals surface area contributed by atoms with E-state index in [-0.39, 0.29) is 23.5 Å². The van der Waals surface area contributed by atoms with Crippen LogP contribution in [0.4, 0.5) is 4.39 Å². The number of hydrogen-bond donors (Lipinski definition) is 1. The number of aromatic nitrogens is 2. The van der Waals surface area contributed by atoms with Gasteiger partial charge in [0.25, 0.3) is 0 Å². The molecule has 3 aromatic rings. The van der Waals surface area contributed by atoms with E-state index in [9.17, 15) is 14.0 Å². The second kappa shape index (κ2) is 11.1. The molecule has 6 nitrogen and oxygen atoms in total. The van der Waals surface area contributed by atoms with Crippen LogP contribution in [-0.4, -0.2) is 46.1 Å². The first-order chi connectivity index (χ1) is 16.9. The number of amides is 2. The average molecular weight is 475 g/mol. The Bertz CT molecular complexity index is 1210. The first-order valence-corrected chi connectivity index (χ1v) is 12.0. The lowest BCUT2D eigenvalue weighted by Crippen LogP contribution is -2.42. The second-order valence-corrected chi connectivity index (χ2v) is 8.90. The topological polar surface area (TPSA) is 67.2 Å². The van der Waals surface area contributed by atoms with Crippen LogP contribution < -0.4 is 5.32 Å². The number of rotatable bonds is 7. The zero-order chi connectivity index (χ0) is 24.8. The van der Waals surface area contributed by atoms with Gasteiger partial charge < -0.3 is 10.2 Å². The summed E-state index contributed by atoms with van der Waals surface area (Å²) in [7, 11) is 0. The fraction of sp³-hybridized carbons (Fsp3) is 0.321. The van der Waals surface area contributed by atoms with Crippen LogP contribution in [0.3, 0.4) is 0 Å². The predicted octanol–water partition coefficient (Wildman–Crippen LogP) is 4.24. The third-order valence-electron chi connectivity index (χ3n) is 6.57. The van der Waals surface area contributed by atoms with Crippen LogP contribution >= 0.6 is 0 Å². The van der Waals surface area contributed by atoms with Crippen molar-refractivity contribution in [3.8, 4) is 5.69 Å². The zero-order valence-corrected chi connectivity index (χ0v) is 20.2. The highest BCUT2D eigenvalue weighted by molar-refractivity contribution is 5.92. The van der Waals surface area contributed by atoms with Crippen LogP contribution in [0.1, 0.15) is 35.4 Å². The first kappa shape index (κ1) is 24.4. The van der Waals surface area contributed by atoms with Gasteiger partial charge in [-0.25, -0.2) is 9.07 Å². The zero-order valence-electron chi connectivity index (χ0n) is 20.2. The number of carbonyl (C=O) groups is 2. The largest absolute Gasteiger partial charge is 0.356 e. The van der Waals surface area contributed by atoms with Gasteiger partial charge >= 0.3 is 0 Å². The number of piperidine rings is 1. The maximum atomic E-state index is 13.7. The maximum absolute atomic E-state index is 13.7. The van der Waals surface area contributed by atoms with Gasteiger partial charge in [0.1, 0.15) is 5.82 Å². The highest BCUT2D eigenvalue weighted by Crippen LogP contribution is 2.21. The summed E-state index contributed by atoms with van der Waals surface area (Å²) in [5.41, 5.74) is 4.35. The fourth-order valence-corrected chi connectivity index (χ4v) is 4.50. The highest BCUT2D eigenvalue weighted by atomic mass is 19.1. The van der Waals surface area contributed by atoms with Crippen molar-refractivity contribution in [3.63, 3.8) is 0 Å². The summed E-state index contributed by atoms with van der Waals surface area (Å²) in [6.07, 6.45) is 5.13. The number of nitrogens with zero attached hydrogens (tertiary/aromatic N) is 3. The molecule has 7 heteroatoms. The summed E-state index contributed by atoms with van der Waals surface area (Å²) in [6, 6.07) is 16.5. The van der Waals surface area contributed by atoms with Crippen LogP contribution in [0.25, 0.3) is 11.8 Å². The number of para-hydroxylation sites is 1. The van der Waals surface area contributed by atoms with E-state index in [0.29, 0.717) is 44.5 Å². The van der Waals surface area contributed by atoms with Gasteiger partial charge in [0.2, 0.25) is 11.8 Å². The molecule has 0 unspecified atom stereocenters. The van der Waals surface area contributed by atoms with Gasteiger partial charge in [0.15, 0.2) is 0 Å². The second-order valence-electron chi connectivity index (χ2n) is 8.90. The number of halogens is 1. The number of hydrogen-bond acceptors (Lipinski definition) is 3. The maximum Gasteiger partial charge on any atom is 0.246 e. The molecule has 2 amide bonds. The number of benzene rings is 2. The van der Waals surface area contributed by atoms with Crippen molar-refractivity contribution < 1.29 is 14.0 Å². The van der Waals surface area contributed by atoms with Gasteiger partial charge in [-0.05, 0) is 62.9 Å². The summed E-state index contributed by atoms with van der Waals surface area (Å²) in [4.78, 5) is 27.1. The van der Waals surface area contributed by atoms with Crippen molar-refractivity contribution in [1.82, 2.24) is 20.0 Å². The van der Waals surface area contributed by atoms with E-state index in [2.05, 4.69) is 10.4 Å². The number of likely N-dealkylation sites (tertiary alicyclic amines) is 1. The number of aryl methyl sites for hydroxylation is 1. The molecule has 1 saturated heterocycles. The van der Waals surface area contributed by atoms with Crippen molar-refractivity contribution in [2.75, 3.05) is 19.6 Å². The number of nitrogens with one attached hydrogen (secondary N) is 1. The molecule has 2 heterocycles. The van der Waals surface area contributed by atoms with Crippen molar-refractivity contribution >= 4 is 17.9 Å². The lowest BCUT2D eigenvalue weighted by Gasteiger charge is -2.30. The lowest BCUT2D eigenvalue weighted by atomic mass is 9.95. The molecule has 0 atom stereocenters. The predicted molar refractivity (Wildman–Crippen MR) is 134 cm³/mol. The smallest absolute Gasteiger partial charge is 0.246 e. The molecule has 0 bridgehead atoms. The van der Waals surface area contributed by atoms with Crippen LogP contribution in [0.2, 0.25) is 0 Å². The molecule has 1 aliphatic rings. The monoisotopic (exact) mass is 474 g/mol. The summed E-state index contributed by atoms with van der Waals surface area (Å²) >= 11 is 0. The van der Waals surface area contributed by atoms with Crippen molar-refractivity contribution in [1.29, 1.82) is 0 Å². The molecule has 1 N–H and O–H groups in total. The third kappa shape index (κ3) is 5.85. The van der Waals surface area contributed by atoms with Crippen LogP contribution in [0.5, 0.6) is 0 Å². The Labute approximate surface area is 205 Å². The Kier molecular flexibility index (Phi) is 7.75. The third-order valence-corrected chi connectivity index (χ3v) is 6.57. The van der Waals surface area contributed by atoms with E-state index in [1.54, 1.807) is 29.2 Å². The molecule has 0 spiro atoms. The summed E-state index contributed by atoms with van der Waals surface area (Å²) < 4.78 is 15.6. The van der Waals surface area contributed by atoms with Crippen LogP contribution in [0, 0.1) is 25.6 Å². The average Bonchev–Trinajstić information content (AvgIpc) is 3.17. The Morgan fingerprint density at radius 2 is 1.74 bits per heavy atom. The van der Waals surface area contributed by atoms with Gasteiger partial charge in [-0.15, -0.1) is 0 Å². The standard InChI is InChI=1S/C28H31FN4O2/c1-20-25(21(2)33(31-20)24-9-4-3-5-10-24)12-13-27(34)32-18-15-23(16-19-32)28(35)30-17-14-22-8-6-7-11-26(22)29/h3-13,23H,14-19H2,1-2H3,(H,30,35). The van der Waals surface area contributed by atoms with Crippen molar-refractivity contribution in [2.24, 2.45) is 5.92 Å². The molecule has 2 aromatic carbocycles. The Balaban J connectivity index is 1.27. The highest BCUT2D eigenvalue weighted by Gasteiger charge is 2.26. The van der Waals surface area contributed by atoms with Gasteiger partial charge in [0, 0.05) is 42.9 Å². The quantitative estimate of drug-likeness (QED) is 0.521. The molecule has 0 saturated carbocycles. The summed E-state index contributed by atoms with van der Waals surface area (Å²) in [5.74, 6) is -0.463.